The minimum absolute atomic E-state index is 0.0900. The van der Waals surface area contributed by atoms with E-state index in [-0.39, 0.29) is 35.7 Å². The van der Waals surface area contributed by atoms with Gasteiger partial charge in [-0.15, -0.1) is 0 Å². The Kier molecular flexibility index (Phi) is 8.13. The maximum atomic E-state index is 13.2. The summed E-state index contributed by atoms with van der Waals surface area (Å²) in [5.74, 6) is 1.50. The predicted molar refractivity (Wildman–Crippen MR) is 123 cm³/mol. The van der Waals surface area contributed by atoms with Crippen molar-refractivity contribution in [2.75, 3.05) is 26.2 Å². The van der Waals surface area contributed by atoms with Crippen LogP contribution in [0, 0.1) is 11.8 Å². The van der Waals surface area contributed by atoms with Crippen molar-refractivity contribution in [3.05, 3.63) is 42.0 Å². The Bertz CT molecular complexity index is 790. The summed E-state index contributed by atoms with van der Waals surface area (Å²) in [5.41, 5.74) is 1.10. The van der Waals surface area contributed by atoms with Crippen LogP contribution in [0.5, 0.6) is 5.75 Å². The van der Waals surface area contributed by atoms with Crippen molar-refractivity contribution in [3.8, 4) is 5.75 Å². The number of benzene rings is 1. The fourth-order valence-electron chi connectivity index (χ4n) is 4.40. The van der Waals surface area contributed by atoms with Gasteiger partial charge in [0.1, 0.15) is 12.4 Å². The first-order chi connectivity index (χ1) is 14.8. The summed E-state index contributed by atoms with van der Waals surface area (Å²) in [4.78, 5) is 29.7. The van der Waals surface area contributed by atoms with Crippen LogP contribution >= 0.6 is 0 Å². The Hall–Kier alpha value is -2.34. The van der Waals surface area contributed by atoms with Gasteiger partial charge in [-0.2, -0.15) is 0 Å². The van der Waals surface area contributed by atoms with E-state index in [1.54, 1.807) is 0 Å². The number of nitrogens with zero attached hydrogens (tertiary/aromatic N) is 2. The van der Waals surface area contributed by atoms with Crippen LogP contribution in [0.25, 0.3) is 0 Å². The lowest BCUT2D eigenvalue weighted by Gasteiger charge is -2.38. The summed E-state index contributed by atoms with van der Waals surface area (Å²) in [6.45, 7) is 11.1. The number of piperidine rings is 1. The van der Waals surface area contributed by atoms with Crippen LogP contribution in [-0.4, -0.2) is 59.9 Å². The van der Waals surface area contributed by atoms with Gasteiger partial charge in [0.05, 0.1) is 6.54 Å². The molecule has 2 aliphatic heterocycles. The molecule has 0 aromatic heterocycles. The first-order valence-electron chi connectivity index (χ1n) is 11.5. The van der Waals surface area contributed by atoms with Gasteiger partial charge in [0.15, 0.2) is 0 Å². The summed E-state index contributed by atoms with van der Waals surface area (Å²) in [7, 11) is 0. The van der Waals surface area contributed by atoms with Gasteiger partial charge < -0.3 is 15.0 Å². The van der Waals surface area contributed by atoms with Crippen LogP contribution in [0.1, 0.15) is 46.1 Å². The Morgan fingerprint density at radius 1 is 1.19 bits per heavy atom. The molecule has 0 unspecified atom stereocenters. The third-order valence-electron chi connectivity index (χ3n) is 6.19. The highest BCUT2D eigenvalue weighted by Crippen LogP contribution is 2.29. The molecule has 1 N–H and O–H groups in total. The second-order valence-electron chi connectivity index (χ2n) is 9.32. The smallest absolute Gasteiger partial charge is 0.236 e. The lowest BCUT2D eigenvalue weighted by Crippen LogP contribution is -2.48. The zero-order valence-electron chi connectivity index (χ0n) is 19.3. The molecule has 1 aromatic rings. The number of hydrogen-bond donors (Lipinski definition) is 1. The maximum Gasteiger partial charge on any atom is 0.236 e. The molecule has 2 bridgehead atoms. The molecule has 0 saturated carbocycles. The van der Waals surface area contributed by atoms with Crippen molar-refractivity contribution in [2.24, 2.45) is 11.8 Å². The van der Waals surface area contributed by atoms with E-state index in [1.165, 1.54) is 0 Å². The normalized spacial score (nSPS) is 23.9. The van der Waals surface area contributed by atoms with Gasteiger partial charge in [0.2, 0.25) is 11.8 Å². The highest BCUT2D eigenvalue weighted by molar-refractivity contribution is 5.79. The second-order valence-corrected chi connectivity index (χ2v) is 9.32. The number of para-hydroxylation sites is 1. The van der Waals surface area contributed by atoms with E-state index in [0.29, 0.717) is 39.2 Å². The highest BCUT2D eigenvalue weighted by atomic mass is 16.5. The predicted octanol–water partition coefficient (Wildman–Crippen LogP) is 3.23. The van der Waals surface area contributed by atoms with Gasteiger partial charge in [-0.1, -0.05) is 30.4 Å². The van der Waals surface area contributed by atoms with Gasteiger partial charge in [0.25, 0.3) is 0 Å². The highest BCUT2D eigenvalue weighted by Gasteiger charge is 2.32. The van der Waals surface area contributed by atoms with Crippen molar-refractivity contribution in [1.82, 2.24) is 15.1 Å². The molecule has 170 valence electrons. The van der Waals surface area contributed by atoms with E-state index < -0.39 is 0 Å². The fraction of sp³-hybridized carbons (Fsp3) is 0.600. The lowest BCUT2D eigenvalue weighted by atomic mass is 9.82. The van der Waals surface area contributed by atoms with Crippen molar-refractivity contribution in [1.29, 1.82) is 0 Å². The van der Waals surface area contributed by atoms with Gasteiger partial charge in [-0.05, 0) is 52.0 Å². The maximum absolute atomic E-state index is 13.2. The number of ether oxygens (including phenoxy) is 1. The lowest BCUT2D eigenvalue weighted by molar-refractivity contribution is -0.135. The van der Waals surface area contributed by atoms with Gasteiger partial charge in [-0.3, -0.25) is 14.5 Å². The average Bonchev–Trinajstić information content (AvgIpc) is 2.72. The van der Waals surface area contributed by atoms with Crippen LogP contribution < -0.4 is 10.1 Å². The van der Waals surface area contributed by atoms with Crippen LogP contribution in [0.4, 0.5) is 0 Å². The Labute approximate surface area is 186 Å². The number of fused-ring (bicyclic) bond motifs is 3. The van der Waals surface area contributed by atoms with Crippen molar-refractivity contribution in [2.45, 2.75) is 59.2 Å². The molecule has 0 radical (unpaired) electrons. The molecule has 1 aromatic carbocycles. The van der Waals surface area contributed by atoms with Crippen LogP contribution in [0.15, 0.2) is 36.4 Å². The molecule has 1 fully saturated rings. The SMILES string of the molecule is CC(C)NC(=O)C[C@@H]1CCN2C[C@@H]1/C=C/COc1ccccc1CN(C(C)C)CC2=O. The number of carbonyl (C=O) groups excluding carboxylic acids is 2. The van der Waals surface area contributed by atoms with Gasteiger partial charge in [-0.25, -0.2) is 0 Å². The molecular weight excluding hydrogens is 390 g/mol. The summed E-state index contributed by atoms with van der Waals surface area (Å²) in [5, 5.41) is 3.00. The molecule has 2 atom stereocenters. The Balaban J connectivity index is 1.81. The van der Waals surface area contributed by atoms with Crippen LogP contribution in [0.3, 0.4) is 0 Å². The van der Waals surface area contributed by atoms with Gasteiger partial charge >= 0.3 is 0 Å². The molecule has 3 rings (SSSR count). The topological polar surface area (TPSA) is 61.9 Å². The molecule has 0 aliphatic carbocycles. The van der Waals surface area contributed by atoms with E-state index in [2.05, 4.69) is 36.2 Å². The van der Waals surface area contributed by atoms with E-state index in [9.17, 15) is 9.59 Å². The number of hydrogen-bond acceptors (Lipinski definition) is 4. The van der Waals surface area contributed by atoms with Crippen molar-refractivity contribution >= 4 is 11.8 Å². The fourth-order valence-corrected chi connectivity index (χ4v) is 4.40. The molecule has 2 heterocycles. The van der Waals surface area contributed by atoms with Crippen LogP contribution in [-0.2, 0) is 16.1 Å². The third-order valence-corrected chi connectivity index (χ3v) is 6.19. The molecular formula is C25H37N3O3. The third kappa shape index (κ3) is 6.57. The zero-order chi connectivity index (χ0) is 22.4. The number of nitrogens with one attached hydrogen (secondary N) is 1. The number of amides is 2. The Morgan fingerprint density at radius 2 is 1.97 bits per heavy atom. The quantitative estimate of drug-likeness (QED) is 0.750. The first kappa shape index (κ1) is 23.3. The minimum atomic E-state index is 0.0900. The monoisotopic (exact) mass is 427 g/mol. The zero-order valence-corrected chi connectivity index (χ0v) is 19.3. The summed E-state index contributed by atoms with van der Waals surface area (Å²) >= 11 is 0. The molecule has 2 amide bonds. The Morgan fingerprint density at radius 3 is 2.71 bits per heavy atom. The second kappa shape index (κ2) is 10.8. The van der Waals surface area contributed by atoms with Crippen molar-refractivity contribution in [3.63, 3.8) is 0 Å². The van der Waals surface area contributed by atoms with Crippen molar-refractivity contribution < 1.29 is 14.3 Å². The van der Waals surface area contributed by atoms with E-state index in [0.717, 1.165) is 17.7 Å². The molecule has 31 heavy (non-hydrogen) atoms. The number of carbonyl (C=O) groups is 2. The van der Waals surface area contributed by atoms with E-state index in [4.69, 9.17) is 4.74 Å². The average molecular weight is 428 g/mol. The van der Waals surface area contributed by atoms with Gasteiger partial charge in [0, 0.05) is 43.7 Å². The largest absolute Gasteiger partial charge is 0.489 e. The molecule has 0 spiro atoms. The van der Waals surface area contributed by atoms with E-state index >= 15 is 0 Å². The molecule has 2 aliphatic rings. The molecule has 1 saturated heterocycles. The van der Waals surface area contributed by atoms with Crippen LogP contribution in [0.2, 0.25) is 0 Å². The molecule has 6 heteroatoms. The minimum Gasteiger partial charge on any atom is -0.489 e. The van der Waals surface area contributed by atoms with E-state index in [1.807, 2.05) is 43.0 Å². The molecule has 6 nitrogen and oxygen atoms in total. The number of rotatable bonds is 4. The summed E-state index contributed by atoms with van der Waals surface area (Å²) in [6.07, 6.45) is 5.53. The summed E-state index contributed by atoms with van der Waals surface area (Å²) < 4.78 is 6.07. The first-order valence-corrected chi connectivity index (χ1v) is 11.5. The standard InChI is InChI=1S/C25H37N3O3/c1-18(2)26-24(29)14-20-11-12-27-15-21(20)9-7-13-31-23-10-6-5-8-22(23)16-28(19(3)4)17-25(27)30/h5-10,18-21H,11-17H2,1-4H3,(H,26,29)/b9-7+/t20-,21-/m0/s1. The summed E-state index contributed by atoms with van der Waals surface area (Å²) in [6, 6.07) is 8.44.